The molecule has 108 valence electrons. The minimum Gasteiger partial charge on any atom is -0.474 e. The van der Waals surface area contributed by atoms with Crippen molar-refractivity contribution in [2.45, 2.75) is 51.3 Å². The van der Waals surface area contributed by atoms with Crippen molar-refractivity contribution < 1.29 is 4.74 Å². The first-order valence-electron chi connectivity index (χ1n) is 7.46. The Kier molecular flexibility index (Phi) is 4.04. The van der Waals surface area contributed by atoms with Gasteiger partial charge in [-0.1, -0.05) is 6.07 Å². The third kappa shape index (κ3) is 3.40. The van der Waals surface area contributed by atoms with E-state index in [0.29, 0.717) is 12.1 Å². The average Bonchev–Trinajstić information content (AvgIpc) is 3.10. The van der Waals surface area contributed by atoms with Crippen molar-refractivity contribution in [3.05, 3.63) is 23.9 Å². The van der Waals surface area contributed by atoms with Crippen LogP contribution in [0, 0.1) is 0 Å². The molecule has 5 heteroatoms. The molecule has 1 atom stereocenters. The van der Waals surface area contributed by atoms with Gasteiger partial charge in [0.15, 0.2) is 5.96 Å². The molecule has 1 fully saturated rings. The maximum Gasteiger partial charge on any atom is 0.213 e. The van der Waals surface area contributed by atoms with Gasteiger partial charge in [0.1, 0.15) is 6.10 Å². The van der Waals surface area contributed by atoms with Crippen LogP contribution in [0.4, 0.5) is 0 Å². The molecule has 0 bridgehead atoms. The molecule has 1 aliphatic carbocycles. The Bertz CT molecular complexity index is 465. The molecule has 5 nitrogen and oxygen atoms in total. The normalized spacial score (nSPS) is 22.4. The number of hydrogen-bond acceptors (Lipinski definition) is 5. The summed E-state index contributed by atoms with van der Waals surface area (Å²) in [5.74, 6) is 1.62. The Balaban J connectivity index is 1.48. The number of nitrogens with zero attached hydrogens (tertiary/aromatic N) is 2. The molecule has 20 heavy (non-hydrogen) atoms. The van der Waals surface area contributed by atoms with Crippen molar-refractivity contribution >= 4 is 5.96 Å². The highest BCUT2D eigenvalue weighted by atomic mass is 16.5. The molecule has 0 radical (unpaired) electrons. The quantitative estimate of drug-likeness (QED) is 0.879. The number of nitrogens with one attached hydrogen (secondary N) is 2. The molecule has 0 spiro atoms. The van der Waals surface area contributed by atoms with Crippen molar-refractivity contribution in [3.63, 3.8) is 0 Å². The zero-order valence-corrected chi connectivity index (χ0v) is 11.9. The lowest BCUT2D eigenvalue weighted by Gasteiger charge is -2.12. The van der Waals surface area contributed by atoms with Crippen LogP contribution in [0.5, 0.6) is 5.88 Å². The van der Waals surface area contributed by atoms with Crippen LogP contribution in [0.3, 0.4) is 0 Å². The summed E-state index contributed by atoms with van der Waals surface area (Å²) in [5, 5.41) is 6.56. The van der Waals surface area contributed by atoms with Gasteiger partial charge in [0, 0.05) is 24.8 Å². The second-order valence-electron chi connectivity index (χ2n) is 5.62. The van der Waals surface area contributed by atoms with Gasteiger partial charge in [-0.05, 0) is 38.2 Å². The van der Waals surface area contributed by atoms with Crippen molar-refractivity contribution in [2.24, 2.45) is 4.99 Å². The minimum atomic E-state index is 0.366. The van der Waals surface area contributed by atoms with Gasteiger partial charge in [-0.25, -0.2) is 4.98 Å². The van der Waals surface area contributed by atoms with E-state index in [4.69, 9.17) is 4.74 Å². The lowest BCUT2D eigenvalue weighted by atomic mass is 10.3. The molecule has 2 N–H and O–H groups in total. The summed E-state index contributed by atoms with van der Waals surface area (Å²) in [6.45, 7) is 3.69. The number of hydrogen-bond donors (Lipinski definition) is 2. The van der Waals surface area contributed by atoms with Gasteiger partial charge >= 0.3 is 0 Å². The fourth-order valence-corrected chi connectivity index (χ4v) is 2.61. The summed E-state index contributed by atoms with van der Waals surface area (Å²) in [6.07, 6.45) is 7.12. The number of aromatic nitrogens is 1. The highest BCUT2D eigenvalue weighted by Crippen LogP contribution is 2.22. The van der Waals surface area contributed by atoms with Gasteiger partial charge in [0.05, 0.1) is 6.54 Å². The van der Waals surface area contributed by atoms with E-state index in [2.05, 4.69) is 33.6 Å². The number of rotatable bonds is 4. The summed E-state index contributed by atoms with van der Waals surface area (Å²) in [6, 6.07) is 4.45. The number of pyridine rings is 1. The molecule has 1 aromatic heterocycles. The van der Waals surface area contributed by atoms with Crippen molar-refractivity contribution in [3.8, 4) is 5.88 Å². The summed E-state index contributed by atoms with van der Waals surface area (Å²) in [4.78, 5) is 8.75. The van der Waals surface area contributed by atoms with Crippen LogP contribution >= 0.6 is 0 Å². The third-order valence-electron chi connectivity index (χ3n) is 3.75. The van der Waals surface area contributed by atoms with Gasteiger partial charge in [0.25, 0.3) is 0 Å². The van der Waals surface area contributed by atoms with Gasteiger partial charge in [-0.2, -0.15) is 0 Å². The molecule has 2 aliphatic rings. The number of guanidine groups is 1. The second kappa shape index (κ2) is 6.11. The molecule has 0 aromatic carbocycles. The molecule has 0 saturated heterocycles. The average molecular weight is 274 g/mol. The Morgan fingerprint density at radius 3 is 2.85 bits per heavy atom. The van der Waals surface area contributed by atoms with E-state index in [0.717, 1.165) is 43.3 Å². The van der Waals surface area contributed by atoms with E-state index >= 15 is 0 Å². The van der Waals surface area contributed by atoms with E-state index in [1.54, 1.807) is 0 Å². The Morgan fingerprint density at radius 2 is 2.20 bits per heavy atom. The maximum absolute atomic E-state index is 5.85. The number of ether oxygens (including phenoxy) is 1. The monoisotopic (exact) mass is 274 g/mol. The summed E-state index contributed by atoms with van der Waals surface area (Å²) in [7, 11) is 0. The fraction of sp³-hybridized carbons (Fsp3) is 0.600. The summed E-state index contributed by atoms with van der Waals surface area (Å²) < 4.78 is 5.85. The van der Waals surface area contributed by atoms with Crippen LogP contribution in [-0.2, 0) is 6.54 Å². The van der Waals surface area contributed by atoms with Crippen molar-refractivity contribution in [1.29, 1.82) is 0 Å². The highest BCUT2D eigenvalue weighted by Gasteiger charge is 2.17. The maximum atomic E-state index is 5.85. The predicted octanol–water partition coefficient (Wildman–Crippen LogP) is 1.84. The Hall–Kier alpha value is -1.78. The Labute approximate surface area is 119 Å². The zero-order chi connectivity index (χ0) is 13.8. The first kappa shape index (κ1) is 13.2. The van der Waals surface area contributed by atoms with Crippen LogP contribution in [0.1, 0.15) is 38.2 Å². The summed E-state index contributed by atoms with van der Waals surface area (Å²) >= 11 is 0. The molecule has 1 aliphatic heterocycles. The SMILES string of the molecule is CC1CN=C(NCc2ccc(OC3CCCC3)nc2)N1. The van der Waals surface area contributed by atoms with Crippen LogP contribution < -0.4 is 15.4 Å². The third-order valence-corrected chi connectivity index (χ3v) is 3.75. The van der Waals surface area contributed by atoms with Gasteiger partial charge in [0.2, 0.25) is 5.88 Å². The van der Waals surface area contributed by atoms with E-state index in [1.807, 2.05) is 12.3 Å². The smallest absolute Gasteiger partial charge is 0.213 e. The largest absolute Gasteiger partial charge is 0.474 e. The van der Waals surface area contributed by atoms with Crippen LogP contribution in [0.2, 0.25) is 0 Å². The molecule has 1 saturated carbocycles. The fourth-order valence-electron chi connectivity index (χ4n) is 2.61. The van der Waals surface area contributed by atoms with Crippen LogP contribution in [0.15, 0.2) is 23.3 Å². The lowest BCUT2D eigenvalue weighted by Crippen LogP contribution is -2.37. The Morgan fingerprint density at radius 1 is 1.35 bits per heavy atom. The molecule has 1 aromatic rings. The first-order valence-corrected chi connectivity index (χ1v) is 7.46. The van der Waals surface area contributed by atoms with Crippen molar-refractivity contribution in [1.82, 2.24) is 15.6 Å². The molecule has 3 rings (SSSR count). The zero-order valence-electron chi connectivity index (χ0n) is 11.9. The predicted molar refractivity (Wildman–Crippen MR) is 78.9 cm³/mol. The van der Waals surface area contributed by atoms with Gasteiger partial charge < -0.3 is 15.4 Å². The van der Waals surface area contributed by atoms with E-state index in [1.165, 1.54) is 12.8 Å². The van der Waals surface area contributed by atoms with Gasteiger partial charge in [-0.15, -0.1) is 0 Å². The topological polar surface area (TPSA) is 58.5 Å². The molecule has 1 unspecified atom stereocenters. The highest BCUT2D eigenvalue weighted by molar-refractivity contribution is 5.81. The summed E-state index contributed by atoms with van der Waals surface area (Å²) in [5.41, 5.74) is 1.13. The van der Waals surface area contributed by atoms with E-state index in [9.17, 15) is 0 Å². The van der Waals surface area contributed by atoms with Crippen molar-refractivity contribution in [2.75, 3.05) is 6.54 Å². The standard InChI is InChI=1S/C15H22N4O/c1-11-8-17-15(19-11)18-10-12-6-7-14(16-9-12)20-13-4-2-3-5-13/h6-7,9,11,13H,2-5,8,10H2,1H3,(H2,17,18,19). The lowest BCUT2D eigenvalue weighted by molar-refractivity contribution is 0.201. The molecule has 0 amide bonds. The van der Waals surface area contributed by atoms with Crippen LogP contribution in [-0.4, -0.2) is 29.6 Å². The molecule has 2 heterocycles. The first-order chi connectivity index (χ1) is 9.79. The second-order valence-corrected chi connectivity index (χ2v) is 5.62. The van der Waals surface area contributed by atoms with Crippen LogP contribution in [0.25, 0.3) is 0 Å². The van der Waals surface area contributed by atoms with E-state index < -0.39 is 0 Å². The minimum absolute atomic E-state index is 0.366. The number of aliphatic imine (C=N–C) groups is 1. The molecular weight excluding hydrogens is 252 g/mol. The van der Waals surface area contributed by atoms with E-state index in [-0.39, 0.29) is 0 Å². The van der Waals surface area contributed by atoms with Gasteiger partial charge in [-0.3, -0.25) is 4.99 Å². The molecular formula is C15H22N4O.